The van der Waals surface area contributed by atoms with Crippen LogP contribution in [0.25, 0.3) is 0 Å². The van der Waals surface area contributed by atoms with E-state index in [1.54, 1.807) is 6.92 Å². The van der Waals surface area contributed by atoms with Gasteiger partial charge in [0.15, 0.2) is 6.10 Å². The van der Waals surface area contributed by atoms with Crippen molar-refractivity contribution in [3.8, 4) is 5.75 Å². The Labute approximate surface area is 108 Å². The molecule has 0 spiro atoms. The van der Waals surface area contributed by atoms with Gasteiger partial charge in [-0.1, -0.05) is 6.07 Å². The van der Waals surface area contributed by atoms with Crippen molar-refractivity contribution in [1.29, 1.82) is 0 Å². The maximum Gasteiger partial charge on any atom is 0.425 e. The number of ether oxygens (including phenoxy) is 2. The van der Waals surface area contributed by atoms with E-state index >= 15 is 0 Å². The number of halogens is 3. The number of esters is 1. The number of carbonyl (C=O) groups is 1. The van der Waals surface area contributed by atoms with Gasteiger partial charge in [-0.2, -0.15) is 13.2 Å². The zero-order valence-electron chi connectivity index (χ0n) is 10.5. The average molecular weight is 277 g/mol. The molecule has 1 aromatic rings. The van der Waals surface area contributed by atoms with E-state index in [2.05, 4.69) is 0 Å². The van der Waals surface area contributed by atoms with E-state index in [9.17, 15) is 18.0 Å². The van der Waals surface area contributed by atoms with Crippen molar-refractivity contribution in [3.05, 3.63) is 23.8 Å². The fourth-order valence-corrected chi connectivity index (χ4v) is 1.29. The number of carbonyl (C=O) groups excluding carboxylic acids is 1. The van der Waals surface area contributed by atoms with E-state index in [0.29, 0.717) is 0 Å². The lowest BCUT2D eigenvalue weighted by atomic mass is 10.1. The average Bonchev–Trinajstić information content (AvgIpc) is 2.30. The summed E-state index contributed by atoms with van der Waals surface area (Å²) in [5, 5.41) is 0. The molecule has 7 heteroatoms. The minimum Gasteiger partial charge on any atom is -0.479 e. The van der Waals surface area contributed by atoms with Gasteiger partial charge < -0.3 is 15.2 Å². The molecule has 0 saturated carbocycles. The minimum absolute atomic E-state index is 0.0197. The van der Waals surface area contributed by atoms with Gasteiger partial charge in [-0.05, 0) is 26.0 Å². The van der Waals surface area contributed by atoms with E-state index in [-0.39, 0.29) is 23.6 Å². The quantitative estimate of drug-likeness (QED) is 0.679. The van der Waals surface area contributed by atoms with Gasteiger partial charge in [0.25, 0.3) is 0 Å². The number of nitrogens with two attached hydrogens (primary N) is 1. The Morgan fingerprint density at radius 2 is 2.05 bits per heavy atom. The monoisotopic (exact) mass is 277 g/mol. The third kappa shape index (κ3) is 3.77. The van der Waals surface area contributed by atoms with Crippen LogP contribution in [0, 0.1) is 0 Å². The lowest BCUT2D eigenvalue weighted by Gasteiger charge is -2.19. The zero-order chi connectivity index (χ0) is 14.6. The second kappa shape index (κ2) is 5.81. The number of para-hydroxylation sites is 1. The summed E-state index contributed by atoms with van der Waals surface area (Å²) in [4.78, 5) is 11.5. The number of nitrogen functional groups attached to an aromatic ring is 1. The smallest absolute Gasteiger partial charge is 0.425 e. The van der Waals surface area contributed by atoms with E-state index in [1.807, 2.05) is 0 Å². The summed E-state index contributed by atoms with van der Waals surface area (Å²) >= 11 is 0. The van der Waals surface area contributed by atoms with E-state index in [4.69, 9.17) is 15.2 Å². The highest BCUT2D eigenvalue weighted by Crippen LogP contribution is 2.30. The number of benzene rings is 1. The van der Waals surface area contributed by atoms with E-state index < -0.39 is 18.2 Å². The zero-order valence-corrected chi connectivity index (χ0v) is 10.5. The molecule has 0 aromatic heterocycles. The van der Waals surface area contributed by atoms with Crippen LogP contribution in [0.1, 0.15) is 24.2 Å². The minimum atomic E-state index is -4.51. The SMILES string of the molecule is CCOC(=O)c1cccc(OC(C)C(F)(F)F)c1N. The van der Waals surface area contributed by atoms with Gasteiger partial charge in [0.05, 0.1) is 17.9 Å². The van der Waals surface area contributed by atoms with E-state index in [0.717, 1.165) is 6.92 Å². The van der Waals surface area contributed by atoms with Crippen molar-refractivity contribution in [2.75, 3.05) is 12.3 Å². The number of hydrogen-bond acceptors (Lipinski definition) is 4. The molecule has 1 unspecified atom stereocenters. The molecule has 0 aliphatic rings. The summed E-state index contributed by atoms with van der Waals surface area (Å²) in [6, 6.07) is 4.00. The molecule has 0 bridgehead atoms. The second-order valence-electron chi connectivity index (χ2n) is 3.74. The molecule has 19 heavy (non-hydrogen) atoms. The highest BCUT2D eigenvalue weighted by atomic mass is 19.4. The first kappa shape index (κ1) is 15.1. The Morgan fingerprint density at radius 3 is 2.58 bits per heavy atom. The normalized spacial score (nSPS) is 12.9. The molecule has 106 valence electrons. The second-order valence-corrected chi connectivity index (χ2v) is 3.74. The predicted molar refractivity (Wildman–Crippen MR) is 63.0 cm³/mol. The van der Waals surface area contributed by atoms with Crippen molar-refractivity contribution in [2.45, 2.75) is 26.1 Å². The maximum absolute atomic E-state index is 12.4. The number of hydrogen-bond donors (Lipinski definition) is 1. The number of alkyl halides is 3. The molecule has 0 amide bonds. The molecule has 0 heterocycles. The van der Waals surface area contributed by atoms with E-state index in [1.165, 1.54) is 18.2 Å². The number of rotatable bonds is 4. The van der Waals surface area contributed by atoms with Crippen LogP contribution in [0.3, 0.4) is 0 Å². The van der Waals surface area contributed by atoms with Crippen molar-refractivity contribution in [2.24, 2.45) is 0 Å². The van der Waals surface area contributed by atoms with Crippen LogP contribution in [0.15, 0.2) is 18.2 Å². The highest BCUT2D eigenvalue weighted by Gasteiger charge is 2.38. The van der Waals surface area contributed by atoms with Gasteiger partial charge in [-0.25, -0.2) is 4.79 Å². The fraction of sp³-hybridized carbons (Fsp3) is 0.417. The summed E-state index contributed by atoms with van der Waals surface area (Å²) < 4.78 is 46.6. The molecule has 0 saturated heterocycles. The molecule has 0 radical (unpaired) electrons. The van der Waals surface area contributed by atoms with Gasteiger partial charge in [0.1, 0.15) is 5.75 Å². The van der Waals surface area contributed by atoms with Crippen LogP contribution in [-0.2, 0) is 4.74 Å². The molecule has 1 atom stereocenters. The molecule has 0 aliphatic carbocycles. The van der Waals surface area contributed by atoms with Gasteiger partial charge in [0, 0.05) is 0 Å². The molecular formula is C12H14F3NO3. The number of anilines is 1. The summed E-state index contributed by atoms with van der Waals surface area (Å²) in [5.41, 5.74) is 5.42. The summed E-state index contributed by atoms with van der Waals surface area (Å²) in [6.45, 7) is 2.61. The Hall–Kier alpha value is -1.92. The summed E-state index contributed by atoms with van der Waals surface area (Å²) in [5.74, 6) is -0.902. The Bertz CT molecular complexity index is 460. The van der Waals surface area contributed by atoms with Crippen LogP contribution in [0.2, 0.25) is 0 Å². The van der Waals surface area contributed by atoms with Crippen LogP contribution >= 0.6 is 0 Å². The first-order chi connectivity index (χ1) is 8.77. The lowest BCUT2D eigenvalue weighted by molar-refractivity contribution is -0.189. The molecule has 0 aliphatic heterocycles. The third-order valence-corrected chi connectivity index (χ3v) is 2.33. The third-order valence-electron chi connectivity index (χ3n) is 2.33. The van der Waals surface area contributed by atoms with Crippen molar-refractivity contribution in [1.82, 2.24) is 0 Å². The standard InChI is InChI=1S/C12H14F3NO3/c1-3-18-11(17)8-5-4-6-9(10(8)16)19-7(2)12(13,14)15/h4-7H,3,16H2,1-2H3. The Balaban J connectivity index is 2.98. The van der Waals surface area contributed by atoms with Gasteiger partial charge >= 0.3 is 12.1 Å². The van der Waals surface area contributed by atoms with Gasteiger partial charge in [-0.3, -0.25) is 0 Å². The van der Waals surface area contributed by atoms with Crippen LogP contribution in [0.4, 0.5) is 18.9 Å². The Morgan fingerprint density at radius 1 is 1.42 bits per heavy atom. The van der Waals surface area contributed by atoms with Crippen LogP contribution in [0.5, 0.6) is 5.75 Å². The van der Waals surface area contributed by atoms with Crippen LogP contribution in [-0.4, -0.2) is 24.9 Å². The summed E-state index contributed by atoms with van der Waals surface area (Å²) in [6.07, 6.45) is -6.53. The van der Waals surface area contributed by atoms with Gasteiger partial charge in [-0.15, -0.1) is 0 Å². The molecule has 4 nitrogen and oxygen atoms in total. The highest BCUT2D eigenvalue weighted by molar-refractivity contribution is 5.96. The molecular weight excluding hydrogens is 263 g/mol. The largest absolute Gasteiger partial charge is 0.479 e. The Kier molecular flexibility index (Phi) is 4.63. The fourth-order valence-electron chi connectivity index (χ4n) is 1.29. The lowest BCUT2D eigenvalue weighted by Crippen LogP contribution is -2.31. The molecule has 1 rings (SSSR count). The van der Waals surface area contributed by atoms with Crippen molar-refractivity contribution < 1.29 is 27.4 Å². The molecule has 2 N–H and O–H groups in total. The predicted octanol–water partition coefficient (Wildman–Crippen LogP) is 2.78. The van der Waals surface area contributed by atoms with Gasteiger partial charge in [0.2, 0.25) is 0 Å². The van der Waals surface area contributed by atoms with Crippen LogP contribution < -0.4 is 10.5 Å². The first-order valence-corrected chi connectivity index (χ1v) is 5.56. The summed E-state index contributed by atoms with van der Waals surface area (Å²) in [7, 11) is 0. The van der Waals surface area contributed by atoms with Crippen molar-refractivity contribution >= 4 is 11.7 Å². The molecule has 0 fully saturated rings. The first-order valence-electron chi connectivity index (χ1n) is 5.56. The van der Waals surface area contributed by atoms with Crippen molar-refractivity contribution in [3.63, 3.8) is 0 Å². The molecule has 1 aromatic carbocycles. The maximum atomic E-state index is 12.4. The topological polar surface area (TPSA) is 61.5 Å².